The summed E-state index contributed by atoms with van der Waals surface area (Å²) in [5, 5.41) is 15.5. The van der Waals surface area contributed by atoms with Crippen LogP contribution in [0.4, 0.5) is 11.4 Å². The van der Waals surface area contributed by atoms with Crippen LogP contribution in [0.25, 0.3) is 22.6 Å². The molecule has 0 radical (unpaired) electrons. The fourth-order valence-corrected chi connectivity index (χ4v) is 4.97. The highest BCUT2D eigenvalue weighted by Gasteiger charge is 2.27. The van der Waals surface area contributed by atoms with Gasteiger partial charge in [-0.2, -0.15) is 5.10 Å². The topological polar surface area (TPSA) is 71.2 Å². The molecule has 6 rings (SSSR count). The first-order valence-corrected chi connectivity index (χ1v) is 10.3. The Morgan fingerprint density at radius 1 is 1.06 bits per heavy atom. The summed E-state index contributed by atoms with van der Waals surface area (Å²) in [5.41, 5.74) is 8.53. The third-order valence-electron chi connectivity index (χ3n) is 6.32. The molecule has 2 aromatic heterocycles. The Morgan fingerprint density at radius 2 is 1.90 bits per heavy atom. The van der Waals surface area contributed by atoms with Crippen LogP contribution < -0.4 is 4.90 Å². The second kappa shape index (κ2) is 6.54. The predicted molar refractivity (Wildman–Crippen MR) is 121 cm³/mol. The number of anilines is 2. The van der Waals surface area contributed by atoms with Gasteiger partial charge in [-0.1, -0.05) is 30.3 Å². The Hall–Kier alpha value is -3.93. The molecule has 0 atom stereocenters. The number of fused-ring (bicyclic) bond motifs is 3. The summed E-state index contributed by atoms with van der Waals surface area (Å²) in [6, 6.07) is 16.4. The average molecular weight is 408 g/mol. The molecule has 1 aliphatic heterocycles. The number of carboxylic acid groups (broad SMARTS) is 1. The molecule has 152 valence electrons. The molecule has 1 aliphatic carbocycles. The number of aromatic carboxylic acids is 1. The van der Waals surface area contributed by atoms with Crippen molar-refractivity contribution in [1.82, 2.24) is 14.8 Å². The van der Waals surface area contributed by atoms with Gasteiger partial charge in [0.25, 0.3) is 0 Å². The minimum atomic E-state index is -0.918. The first-order valence-electron chi connectivity index (χ1n) is 10.3. The Bertz CT molecular complexity index is 1420. The molecule has 0 bridgehead atoms. The van der Waals surface area contributed by atoms with Crippen molar-refractivity contribution in [3.63, 3.8) is 0 Å². The van der Waals surface area contributed by atoms with Crippen LogP contribution in [0.2, 0.25) is 0 Å². The standard InChI is InChI=1S/C25H20N4O2/c1-28-24(16-13-19-17(25(30)31)9-11-26-20(19)14-16)18-6-4-8-22(23(18)27-28)29-12-10-15-5-2-3-7-21(15)29/h2-9,11,14H,10,12-13H2,1H3,(H,30,31). The highest BCUT2D eigenvalue weighted by Crippen LogP contribution is 2.41. The zero-order valence-electron chi connectivity index (χ0n) is 17.0. The molecule has 0 spiro atoms. The van der Waals surface area contributed by atoms with E-state index in [2.05, 4.69) is 52.3 Å². The molecule has 2 aromatic carbocycles. The summed E-state index contributed by atoms with van der Waals surface area (Å²) in [4.78, 5) is 18.4. The lowest BCUT2D eigenvalue weighted by Crippen LogP contribution is -2.13. The van der Waals surface area contributed by atoms with Gasteiger partial charge in [0.05, 0.1) is 22.6 Å². The zero-order chi connectivity index (χ0) is 21.1. The third kappa shape index (κ3) is 2.61. The van der Waals surface area contributed by atoms with Gasteiger partial charge in [-0.25, -0.2) is 4.79 Å². The van der Waals surface area contributed by atoms with Crippen molar-refractivity contribution in [3.8, 4) is 0 Å². The molecule has 2 aliphatic rings. The third-order valence-corrected chi connectivity index (χ3v) is 6.32. The van der Waals surface area contributed by atoms with Crippen LogP contribution in [0.1, 0.15) is 32.9 Å². The smallest absolute Gasteiger partial charge is 0.336 e. The van der Waals surface area contributed by atoms with E-state index in [1.807, 2.05) is 17.8 Å². The quantitative estimate of drug-likeness (QED) is 0.542. The SMILES string of the molecule is Cn1nc2c(N3CCc4ccccc43)cccc2c1C1=Cc2nccc(C(=O)O)c2C1. The van der Waals surface area contributed by atoms with E-state index in [1.165, 1.54) is 11.3 Å². The monoisotopic (exact) mass is 408 g/mol. The maximum atomic E-state index is 11.7. The molecule has 4 aromatic rings. The van der Waals surface area contributed by atoms with Gasteiger partial charge in [-0.15, -0.1) is 0 Å². The summed E-state index contributed by atoms with van der Waals surface area (Å²) < 4.78 is 1.91. The summed E-state index contributed by atoms with van der Waals surface area (Å²) >= 11 is 0. The summed E-state index contributed by atoms with van der Waals surface area (Å²) in [5.74, 6) is -0.918. The predicted octanol–water partition coefficient (Wildman–Crippen LogP) is 4.46. The van der Waals surface area contributed by atoms with E-state index in [9.17, 15) is 9.90 Å². The minimum absolute atomic E-state index is 0.317. The van der Waals surface area contributed by atoms with Gasteiger partial charge < -0.3 is 10.0 Å². The van der Waals surface area contributed by atoms with Crippen LogP contribution in [0.5, 0.6) is 0 Å². The molecular weight excluding hydrogens is 388 g/mol. The molecule has 6 heteroatoms. The number of aryl methyl sites for hydroxylation is 1. The van der Waals surface area contributed by atoms with Crippen LogP contribution in [0.3, 0.4) is 0 Å². The molecule has 0 unspecified atom stereocenters. The van der Waals surface area contributed by atoms with Gasteiger partial charge in [-0.3, -0.25) is 9.67 Å². The number of benzene rings is 2. The van der Waals surface area contributed by atoms with Gasteiger partial charge in [0.15, 0.2) is 0 Å². The number of rotatable bonds is 3. The number of para-hydroxylation sites is 1. The van der Waals surface area contributed by atoms with Crippen molar-refractivity contribution in [1.29, 1.82) is 0 Å². The van der Waals surface area contributed by atoms with Crippen molar-refractivity contribution in [2.24, 2.45) is 7.05 Å². The molecule has 0 fully saturated rings. The Labute approximate surface area is 179 Å². The van der Waals surface area contributed by atoms with Crippen molar-refractivity contribution in [2.75, 3.05) is 11.4 Å². The van der Waals surface area contributed by atoms with E-state index in [1.54, 1.807) is 12.3 Å². The van der Waals surface area contributed by atoms with Crippen LogP contribution >= 0.6 is 0 Å². The normalized spacial score (nSPS) is 14.6. The van der Waals surface area contributed by atoms with E-state index in [-0.39, 0.29) is 0 Å². The van der Waals surface area contributed by atoms with Gasteiger partial charge in [0, 0.05) is 37.3 Å². The van der Waals surface area contributed by atoms with E-state index >= 15 is 0 Å². The van der Waals surface area contributed by atoms with Crippen LogP contribution in [0.15, 0.2) is 54.7 Å². The van der Waals surface area contributed by atoms with Gasteiger partial charge in [0.2, 0.25) is 0 Å². The number of carboxylic acids is 1. The van der Waals surface area contributed by atoms with Crippen LogP contribution in [0, 0.1) is 0 Å². The highest BCUT2D eigenvalue weighted by atomic mass is 16.4. The van der Waals surface area contributed by atoms with Crippen molar-refractivity contribution in [2.45, 2.75) is 12.8 Å². The largest absolute Gasteiger partial charge is 0.478 e. The van der Waals surface area contributed by atoms with Crippen molar-refractivity contribution < 1.29 is 9.90 Å². The first kappa shape index (κ1) is 17.9. The van der Waals surface area contributed by atoms with Gasteiger partial charge in [0.1, 0.15) is 5.52 Å². The average Bonchev–Trinajstić information content (AvgIpc) is 3.46. The molecule has 3 heterocycles. The minimum Gasteiger partial charge on any atom is -0.478 e. The molecule has 31 heavy (non-hydrogen) atoms. The molecule has 1 N–H and O–H groups in total. The molecule has 6 nitrogen and oxygen atoms in total. The van der Waals surface area contributed by atoms with Gasteiger partial charge >= 0.3 is 5.97 Å². The highest BCUT2D eigenvalue weighted by molar-refractivity contribution is 6.04. The Balaban J connectivity index is 1.47. The Morgan fingerprint density at radius 3 is 2.77 bits per heavy atom. The fourth-order valence-electron chi connectivity index (χ4n) is 4.97. The van der Waals surface area contributed by atoms with Crippen molar-refractivity contribution >= 4 is 39.9 Å². The second-order valence-corrected chi connectivity index (χ2v) is 8.05. The summed E-state index contributed by atoms with van der Waals surface area (Å²) in [6.45, 7) is 0.935. The Kier molecular flexibility index (Phi) is 3.77. The van der Waals surface area contributed by atoms with Crippen LogP contribution in [-0.2, 0) is 19.9 Å². The number of pyridine rings is 1. The summed E-state index contributed by atoms with van der Waals surface area (Å²) in [7, 11) is 1.95. The lowest BCUT2D eigenvalue weighted by atomic mass is 10.0. The molecule has 0 saturated carbocycles. The van der Waals surface area contributed by atoms with E-state index < -0.39 is 5.97 Å². The van der Waals surface area contributed by atoms with Gasteiger partial charge in [-0.05, 0) is 47.4 Å². The van der Waals surface area contributed by atoms with Crippen molar-refractivity contribution in [3.05, 3.63) is 82.8 Å². The molecule has 0 amide bonds. The second-order valence-electron chi connectivity index (χ2n) is 8.05. The van der Waals surface area contributed by atoms with E-state index in [0.717, 1.165) is 52.1 Å². The lowest BCUT2D eigenvalue weighted by molar-refractivity contribution is 0.0695. The number of hydrogen-bond acceptors (Lipinski definition) is 4. The molecular formula is C25H20N4O2. The number of aromatic nitrogens is 3. The number of nitrogens with zero attached hydrogens (tertiary/aromatic N) is 4. The fraction of sp³-hybridized carbons (Fsp3) is 0.160. The number of hydrogen-bond donors (Lipinski definition) is 1. The van der Waals surface area contributed by atoms with E-state index in [0.29, 0.717) is 12.0 Å². The number of carbonyl (C=O) groups is 1. The van der Waals surface area contributed by atoms with Crippen LogP contribution in [-0.4, -0.2) is 32.4 Å². The zero-order valence-corrected chi connectivity index (χ0v) is 17.0. The molecule has 0 saturated heterocycles. The summed E-state index contributed by atoms with van der Waals surface area (Å²) in [6.07, 6.45) is 5.12. The lowest BCUT2D eigenvalue weighted by Gasteiger charge is -2.19. The number of allylic oxidation sites excluding steroid dienone is 1. The first-order chi connectivity index (χ1) is 15.1. The maximum Gasteiger partial charge on any atom is 0.336 e. The van der Waals surface area contributed by atoms with E-state index in [4.69, 9.17) is 5.10 Å². The maximum absolute atomic E-state index is 11.7.